The lowest BCUT2D eigenvalue weighted by atomic mass is 10.2. The van der Waals surface area contributed by atoms with Crippen molar-refractivity contribution in [1.82, 2.24) is 5.32 Å². The van der Waals surface area contributed by atoms with Crippen LogP contribution < -0.4 is 14.8 Å². The molecular weight excluding hydrogens is 270 g/mol. The Balaban J connectivity index is 2.72. The third kappa shape index (κ3) is 5.24. The lowest BCUT2D eigenvalue weighted by Gasteiger charge is -2.15. The van der Waals surface area contributed by atoms with Gasteiger partial charge >= 0.3 is 0 Å². The topological polar surface area (TPSA) is 60.0 Å². The van der Waals surface area contributed by atoms with E-state index in [-0.39, 0.29) is 6.61 Å². The lowest BCUT2D eigenvalue weighted by Crippen LogP contribution is -2.12. The van der Waals surface area contributed by atoms with Crippen LogP contribution in [0.5, 0.6) is 11.5 Å². The van der Waals surface area contributed by atoms with Gasteiger partial charge in [-0.25, -0.2) is 0 Å². The molecule has 19 heavy (non-hydrogen) atoms. The molecule has 0 spiro atoms. The maximum Gasteiger partial charge on any atom is 0.165 e. The smallest absolute Gasteiger partial charge is 0.165 e. The Morgan fingerprint density at radius 1 is 1.26 bits per heavy atom. The molecule has 0 aromatic heterocycles. The zero-order chi connectivity index (χ0) is 14.1. The molecule has 0 unspecified atom stereocenters. The minimum Gasteiger partial charge on any atom is -0.493 e. The van der Waals surface area contributed by atoms with Crippen LogP contribution in [0.4, 0.5) is 0 Å². The van der Waals surface area contributed by atoms with Crippen molar-refractivity contribution in [2.24, 2.45) is 0 Å². The second kappa shape index (κ2) is 8.98. The summed E-state index contributed by atoms with van der Waals surface area (Å²) >= 11 is 6.02. The van der Waals surface area contributed by atoms with E-state index in [1.807, 2.05) is 13.1 Å². The Morgan fingerprint density at radius 2 is 2.05 bits per heavy atom. The highest BCUT2D eigenvalue weighted by atomic mass is 35.5. The Kier molecular flexibility index (Phi) is 7.59. The standard InChI is InChI=1S/C13H20ClNO4/c1-15-9-10-7-11(14)8-12(17-2)13(10)19-6-5-18-4-3-16/h7-8,15-16H,3-6,9H2,1-2H3. The molecule has 1 rings (SSSR count). The first-order valence-electron chi connectivity index (χ1n) is 6.05. The minimum atomic E-state index is 0.00920. The molecule has 108 valence electrons. The fourth-order valence-electron chi connectivity index (χ4n) is 1.63. The highest BCUT2D eigenvalue weighted by Gasteiger charge is 2.12. The van der Waals surface area contributed by atoms with E-state index in [2.05, 4.69) is 5.32 Å². The first-order valence-corrected chi connectivity index (χ1v) is 6.43. The number of aliphatic hydroxyl groups is 1. The van der Waals surface area contributed by atoms with Crippen LogP contribution in [-0.4, -0.2) is 45.7 Å². The van der Waals surface area contributed by atoms with Gasteiger partial charge in [-0.3, -0.25) is 0 Å². The predicted molar refractivity (Wildman–Crippen MR) is 74.2 cm³/mol. The first kappa shape index (κ1) is 16.0. The molecule has 0 aliphatic rings. The molecule has 0 heterocycles. The molecule has 0 saturated heterocycles. The van der Waals surface area contributed by atoms with Crippen LogP contribution in [0.1, 0.15) is 5.56 Å². The maximum absolute atomic E-state index is 8.60. The largest absolute Gasteiger partial charge is 0.493 e. The number of aliphatic hydroxyl groups excluding tert-OH is 1. The van der Waals surface area contributed by atoms with Crippen molar-refractivity contribution in [3.63, 3.8) is 0 Å². The quantitative estimate of drug-likeness (QED) is 0.674. The van der Waals surface area contributed by atoms with Crippen molar-refractivity contribution in [2.45, 2.75) is 6.54 Å². The number of benzene rings is 1. The van der Waals surface area contributed by atoms with Gasteiger partial charge in [-0.15, -0.1) is 0 Å². The molecule has 6 heteroatoms. The van der Waals surface area contributed by atoms with Crippen molar-refractivity contribution in [3.8, 4) is 11.5 Å². The van der Waals surface area contributed by atoms with E-state index in [9.17, 15) is 0 Å². The van der Waals surface area contributed by atoms with Crippen molar-refractivity contribution < 1.29 is 19.3 Å². The molecule has 1 aromatic rings. The molecule has 0 aliphatic carbocycles. The van der Waals surface area contributed by atoms with E-state index >= 15 is 0 Å². The van der Waals surface area contributed by atoms with Crippen molar-refractivity contribution >= 4 is 11.6 Å². The molecule has 0 aliphatic heterocycles. The van der Waals surface area contributed by atoms with Crippen LogP contribution >= 0.6 is 11.6 Å². The number of nitrogens with one attached hydrogen (secondary N) is 1. The normalized spacial score (nSPS) is 10.5. The van der Waals surface area contributed by atoms with Crippen LogP contribution in [0.25, 0.3) is 0 Å². The summed E-state index contributed by atoms with van der Waals surface area (Å²) in [4.78, 5) is 0. The second-order valence-electron chi connectivity index (χ2n) is 3.81. The van der Waals surface area contributed by atoms with Gasteiger partial charge in [0.25, 0.3) is 0 Å². The van der Waals surface area contributed by atoms with E-state index in [0.717, 1.165) is 5.56 Å². The van der Waals surface area contributed by atoms with Crippen LogP contribution in [-0.2, 0) is 11.3 Å². The summed E-state index contributed by atoms with van der Waals surface area (Å²) in [6.45, 7) is 1.74. The number of ether oxygens (including phenoxy) is 3. The minimum absolute atomic E-state index is 0.00920. The number of rotatable bonds is 9. The average molecular weight is 290 g/mol. The van der Waals surface area contributed by atoms with Gasteiger partial charge in [0.2, 0.25) is 0 Å². The summed E-state index contributed by atoms with van der Waals surface area (Å²) in [5, 5.41) is 12.3. The van der Waals surface area contributed by atoms with Gasteiger partial charge in [-0.05, 0) is 13.1 Å². The van der Waals surface area contributed by atoms with Crippen LogP contribution in [0.2, 0.25) is 5.02 Å². The summed E-state index contributed by atoms with van der Waals surface area (Å²) < 4.78 is 16.1. The number of hydrogen-bond donors (Lipinski definition) is 2. The molecule has 0 saturated carbocycles. The molecule has 5 nitrogen and oxygen atoms in total. The van der Waals surface area contributed by atoms with Gasteiger partial charge in [0, 0.05) is 23.2 Å². The summed E-state index contributed by atoms with van der Waals surface area (Å²) in [5.74, 6) is 1.26. The van der Waals surface area contributed by atoms with E-state index in [0.29, 0.717) is 42.9 Å². The zero-order valence-electron chi connectivity index (χ0n) is 11.2. The average Bonchev–Trinajstić information content (AvgIpc) is 2.40. The molecule has 2 N–H and O–H groups in total. The van der Waals surface area contributed by atoms with Crippen molar-refractivity contribution in [3.05, 3.63) is 22.7 Å². The number of methoxy groups -OCH3 is 1. The lowest BCUT2D eigenvalue weighted by molar-refractivity contribution is 0.0696. The highest BCUT2D eigenvalue weighted by Crippen LogP contribution is 2.34. The van der Waals surface area contributed by atoms with Gasteiger partial charge in [-0.1, -0.05) is 11.6 Å². The summed E-state index contributed by atoms with van der Waals surface area (Å²) in [5.41, 5.74) is 0.925. The van der Waals surface area contributed by atoms with E-state index in [4.69, 9.17) is 30.9 Å². The summed E-state index contributed by atoms with van der Waals surface area (Å²) in [6.07, 6.45) is 0. The summed E-state index contributed by atoms with van der Waals surface area (Å²) in [6, 6.07) is 3.55. The number of halogens is 1. The highest BCUT2D eigenvalue weighted by molar-refractivity contribution is 6.30. The van der Waals surface area contributed by atoms with Gasteiger partial charge in [-0.2, -0.15) is 0 Å². The maximum atomic E-state index is 8.60. The summed E-state index contributed by atoms with van der Waals surface area (Å²) in [7, 11) is 3.42. The van der Waals surface area contributed by atoms with Crippen molar-refractivity contribution in [2.75, 3.05) is 40.6 Å². The molecule has 0 radical (unpaired) electrons. The van der Waals surface area contributed by atoms with Crippen molar-refractivity contribution in [1.29, 1.82) is 0 Å². The molecular formula is C13H20ClNO4. The molecule has 0 amide bonds. The predicted octanol–water partition coefficient (Wildman–Crippen LogP) is 1.46. The second-order valence-corrected chi connectivity index (χ2v) is 4.25. The molecule has 0 atom stereocenters. The van der Waals surface area contributed by atoms with Crippen LogP contribution in [0.15, 0.2) is 12.1 Å². The Bertz CT molecular complexity index is 387. The van der Waals surface area contributed by atoms with Gasteiger partial charge in [0.15, 0.2) is 11.5 Å². The zero-order valence-corrected chi connectivity index (χ0v) is 12.0. The van der Waals surface area contributed by atoms with E-state index in [1.54, 1.807) is 13.2 Å². The Morgan fingerprint density at radius 3 is 2.68 bits per heavy atom. The number of hydrogen-bond acceptors (Lipinski definition) is 5. The molecule has 0 fully saturated rings. The van der Waals surface area contributed by atoms with E-state index < -0.39 is 0 Å². The third-order valence-corrected chi connectivity index (χ3v) is 2.61. The van der Waals surface area contributed by atoms with Gasteiger partial charge < -0.3 is 24.6 Å². The Labute approximate surface area is 118 Å². The fraction of sp³-hybridized carbons (Fsp3) is 0.538. The third-order valence-electron chi connectivity index (χ3n) is 2.39. The fourth-order valence-corrected chi connectivity index (χ4v) is 1.86. The van der Waals surface area contributed by atoms with Gasteiger partial charge in [0.05, 0.1) is 26.9 Å². The molecule has 1 aromatic carbocycles. The Hall–Kier alpha value is -1.01. The first-order chi connectivity index (χ1) is 9.22. The van der Waals surface area contributed by atoms with Crippen LogP contribution in [0.3, 0.4) is 0 Å². The van der Waals surface area contributed by atoms with E-state index in [1.165, 1.54) is 0 Å². The molecule has 0 bridgehead atoms. The monoisotopic (exact) mass is 289 g/mol. The SMILES string of the molecule is CNCc1cc(Cl)cc(OC)c1OCCOCCO. The van der Waals surface area contributed by atoms with Crippen LogP contribution in [0, 0.1) is 0 Å². The van der Waals surface area contributed by atoms with Gasteiger partial charge in [0.1, 0.15) is 6.61 Å².